The predicted octanol–water partition coefficient (Wildman–Crippen LogP) is 1.27. The van der Waals surface area contributed by atoms with Crippen LogP contribution in [-0.2, 0) is 24.3 Å². The number of hydrogen-bond donors (Lipinski definition) is 2. The third-order valence-corrected chi connectivity index (χ3v) is 6.09. The van der Waals surface area contributed by atoms with Crippen LogP contribution >= 0.6 is 0 Å². The molecule has 2 aromatic carbocycles. The number of nitrogens with one attached hydrogen (secondary N) is 2. The van der Waals surface area contributed by atoms with Crippen LogP contribution in [0.3, 0.4) is 0 Å². The van der Waals surface area contributed by atoms with Crippen molar-refractivity contribution < 1.29 is 27.5 Å². The summed E-state index contributed by atoms with van der Waals surface area (Å²) in [6.07, 6.45) is 5.68. The van der Waals surface area contributed by atoms with E-state index in [9.17, 15) is 18.0 Å². The second-order valence-corrected chi connectivity index (χ2v) is 8.86. The molecule has 0 heterocycles. The van der Waals surface area contributed by atoms with Gasteiger partial charge in [-0.1, -0.05) is 23.6 Å². The van der Waals surface area contributed by atoms with E-state index in [1.54, 1.807) is 19.1 Å². The third-order valence-electron chi connectivity index (χ3n) is 4.65. The predicted molar refractivity (Wildman–Crippen MR) is 119 cm³/mol. The molecule has 0 aliphatic rings. The second-order valence-electron chi connectivity index (χ2n) is 7.15. The van der Waals surface area contributed by atoms with Gasteiger partial charge in [0.1, 0.15) is 12.3 Å². The highest BCUT2D eigenvalue weighted by atomic mass is 32.2. The summed E-state index contributed by atoms with van der Waals surface area (Å²) in [6, 6.07) is 12.2. The smallest absolute Gasteiger partial charge is 0.325 e. The van der Waals surface area contributed by atoms with Crippen LogP contribution in [0.5, 0.6) is 5.75 Å². The molecule has 0 fully saturated rings. The summed E-state index contributed by atoms with van der Waals surface area (Å²) in [6.45, 7) is 2.65. The largest absolute Gasteiger partial charge is 0.473 e. The van der Waals surface area contributed by atoms with E-state index in [-0.39, 0.29) is 10.6 Å². The molecule has 0 spiro atoms. The van der Waals surface area contributed by atoms with Gasteiger partial charge in [-0.05, 0) is 50.2 Å². The summed E-state index contributed by atoms with van der Waals surface area (Å²) in [4.78, 5) is 24.3. The first-order valence-electron chi connectivity index (χ1n) is 9.65. The number of ether oxygens (including phenoxy) is 2. The highest BCUT2D eigenvalue weighted by molar-refractivity contribution is 7.89. The van der Waals surface area contributed by atoms with Gasteiger partial charge in [-0.3, -0.25) is 9.59 Å². The Hall–Kier alpha value is -3.86. The minimum absolute atomic E-state index is 0.0865. The molecule has 0 saturated heterocycles. The maximum Gasteiger partial charge on any atom is 0.325 e. The van der Waals surface area contributed by atoms with Crippen LogP contribution in [0.4, 0.5) is 0 Å². The van der Waals surface area contributed by atoms with Crippen molar-refractivity contribution in [3.05, 3.63) is 59.7 Å². The Bertz CT molecular complexity index is 1190. The zero-order chi connectivity index (χ0) is 24.6. The van der Waals surface area contributed by atoms with E-state index in [0.717, 1.165) is 12.7 Å². The highest BCUT2D eigenvalue weighted by Gasteiger charge is 2.43. The Kier molecular flexibility index (Phi) is 8.19. The highest BCUT2D eigenvalue weighted by Crippen LogP contribution is 2.23. The molecule has 172 valence electrons. The van der Waals surface area contributed by atoms with Crippen molar-refractivity contribution in [1.82, 2.24) is 10.0 Å². The number of carbonyl (C=O) groups is 2. The number of amides is 1. The number of methoxy groups -OCH3 is 1. The molecule has 0 saturated carbocycles. The number of nitriles is 1. The van der Waals surface area contributed by atoms with E-state index < -0.39 is 40.1 Å². The lowest BCUT2D eigenvalue weighted by Crippen LogP contribution is -2.61. The fourth-order valence-corrected chi connectivity index (χ4v) is 3.98. The number of sulfonamides is 1. The van der Waals surface area contributed by atoms with Crippen LogP contribution in [0, 0.1) is 30.6 Å². The van der Waals surface area contributed by atoms with Gasteiger partial charge in [-0.15, -0.1) is 6.42 Å². The number of rotatable bonds is 9. The van der Waals surface area contributed by atoms with Crippen molar-refractivity contribution in [2.75, 3.05) is 13.7 Å². The molecule has 1 amide bonds. The fraction of sp³-hybridized carbons (Fsp3) is 0.261. The van der Waals surface area contributed by atoms with Crippen molar-refractivity contribution in [1.29, 1.82) is 5.26 Å². The number of nitrogens with zero attached hydrogens (tertiary/aromatic N) is 1. The summed E-state index contributed by atoms with van der Waals surface area (Å²) in [7, 11) is -3.06. The molecule has 0 aliphatic carbocycles. The lowest BCUT2D eigenvalue weighted by Gasteiger charge is -2.33. The van der Waals surface area contributed by atoms with E-state index >= 15 is 0 Å². The maximum absolute atomic E-state index is 13.0. The van der Waals surface area contributed by atoms with Crippen molar-refractivity contribution >= 4 is 21.9 Å². The molecule has 0 bridgehead atoms. The number of esters is 1. The number of carbonyl (C=O) groups excluding carboxylic acids is 2. The monoisotopic (exact) mass is 469 g/mol. The average molecular weight is 470 g/mol. The van der Waals surface area contributed by atoms with Crippen LogP contribution in [0.25, 0.3) is 0 Å². The molecule has 0 radical (unpaired) electrons. The van der Waals surface area contributed by atoms with Gasteiger partial charge in [0, 0.05) is 0 Å². The average Bonchev–Trinajstić information content (AvgIpc) is 2.81. The molecular formula is C23H23N3O6S. The van der Waals surface area contributed by atoms with Gasteiger partial charge < -0.3 is 14.8 Å². The van der Waals surface area contributed by atoms with Crippen LogP contribution in [0.15, 0.2) is 53.4 Å². The van der Waals surface area contributed by atoms with Gasteiger partial charge in [-0.2, -0.15) is 9.98 Å². The molecule has 0 aliphatic heterocycles. The zero-order valence-corrected chi connectivity index (χ0v) is 19.1. The van der Waals surface area contributed by atoms with Crippen LogP contribution < -0.4 is 14.8 Å². The normalized spacial score (nSPS) is 13.5. The van der Waals surface area contributed by atoms with Gasteiger partial charge in [0.05, 0.1) is 23.6 Å². The Morgan fingerprint density at radius 1 is 1.15 bits per heavy atom. The van der Waals surface area contributed by atoms with Crippen LogP contribution in [0.1, 0.15) is 18.1 Å². The van der Waals surface area contributed by atoms with E-state index in [2.05, 4.69) is 20.7 Å². The fourth-order valence-electron chi connectivity index (χ4n) is 2.70. The lowest BCUT2D eigenvalue weighted by atomic mass is 9.96. The number of hydrogen-bond acceptors (Lipinski definition) is 7. The minimum atomic E-state index is -4.21. The van der Waals surface area contributed by atoms with Gasteiger partial charge in [-0.25, -0.2) is 8.42 Å². The summed E-state index contributed by atoms with van der Waals surface area (Å²) < 4.78 is 38.6. The zero-order valence-electron chi connectivity index (χ0n) is 18.3. The topological polar surface area (TPSA) is 135 Å². The van der Waals surface area contributed by atoms with E-state index in [1.165, 1.54) is 43.3 Å². The molecule has 9 nitrogen and oxygen atoms in total. The van der Waals surface area contributed by atoms with Crippen molar-refractivity contribution in [2.45, 2.75) is 30.4 Å². The lowest BCUT2D eigenvalue weighted by molar-refractivity contribution is -0.141. The molecule has 2 N–H and O–H groups in total. The molecule has 0 unspecified atom stereocenters. The molecule has 2 rings (SSSR count). The van der Waals surface area contributed by atoms with Crippen LogP contribution in [-0.4, -0.2) is 45.6 Å². The van der Waals surface area contributed by atoms with Crippen LogP contribution in [0.2, 0.25) is 0 Å². The summed E-state index contributed by atoms with van der Waals surface area (Å²) >= 11 is 0. The number of benzene rings is 2. The van der Waals surface area contributed by atoms with Gasteiger partial charge in [0.2, 0.25) is 15.9 Å². The van der Waals surface area contributed by atoms with Gasteiger partial charge >= 0.3 is 5.97 Å². The SMILES string of the molecule is C#C[C@@](C)(Oc1ccc(C#N)cc1)[C@H](NS(=O)(=O)c1ccc(C)cc1)C(=O)NCC(=O)OC. The summed E-state index contributed by atoms with van der Waals surface area (Å²) in [5.41, 5.74) is -0.595. The molecule has 2 aromatic rings. The number of aryl methyl sites for hydroxylation is 1. The van der Waals surface area contributed by atoms with Crippen molar-refractivity contribution in [3.8, 4) is 24.2 Å². The molecule has 33 heavy (non-hydrogen) atoms. The molecule has 10 heteroatoms. The first-order chi connectivity index (χ1) is 15.5. The molecule has 0 aromatic heterocycles. The Labute approximate surface area is 192 Å². The molecule has 2 atom stereocenters. The quantitative estimate of drug-likeness (QED) is 0.417. The summed E-state index contributed by atoms with van der Waals surface area (Å²) in [5, 5.41) is 11.3. The van der Waals surface area contributed by atoms with Gasteiger partial charge in [0.15, 0.2) is 11.6 Å². The Morgan fingerprint density at radius 3 is 2.27 bits per heavy atom. The van der Waals surface area contributed by atoms with Crippen molar-refractivity contribution in [2.24, 2.45) is 0 Å². The van der Waals surface area contributed by atoms with E-state index in [0.29, 0.717) is 5.56 Å². The number of terminal acetylenes is 1. The standard InChI is InChI=1S/C23H23N3O6S/c1-5-23(3,32-18-10-8-17(14-24)9-11-18)21(22(28)25-15-20(27)31-4)26-33(29,30)19-12-6-16(2)7-13-19/h1,6-13,21,26H,15H2,2-4H3,(H,25,28)/t21-,23-/m1/s1. The van der Waals surface area contributed by atoms with E-state index in [1.807, 2.05) is 6.07 Å². The van der Waals surface area contributed by atoms with Gasteiger partial charge in [0.25, 0.3) is 0 Å². The first-order valence-corrected chi connectivity index (χ1v) is 11.1. The van der Waals surface area contributed by atoms with Crippen molar-refractivity contribution in [3.63, 3.8) is 0 Å². The van der Waals surface area contributed by atoms with E-state index in [4.69, 9.17) is 16.4 Å². The second kappa shape index (κ2) is 10.6. The first kappa shape index (κ1) is 25.4. The molecular weight excluding hydrogens is 446 g/mol. The third kappa shape index (κ3) is 6.56. The Morgan fingerprint density at radius 2 is 1.76 bits per heavy atom. The summed E-state index contributed by atoms with van der Waals surface area (Å²) in [5.74, 6) is 0.899. The minimum Gasteiger partial charge on any atom is -0.473 e. The Balaban J connectivity index is 2.43. The maximum atomic E-state index is 13.0.